The molecule has 8 rings (SSSR count). The van der Waals surface area contributed by atoms with Gasteiger partial charge in [-0.1, -0.05) is 0 Å². The van der Waals surface area contributed by atoms with Gasteiger partial charge in [0.25, 0.3) is 0 Å². The number of hydrogen-bond acceptors (Lipinski definition) is 0. The molecule has 0 fully saturated rings. The van der Waals surface area contributed by atoms with Gasteiger partial charge < -0.3 is 24.8 Å². The second-order valence-electron chi connectivity index (χ2n) is 12.1. The molecular formula is C41H36Cl2Zr. The van der Waals surface area contributed by atoms with E-state index in [9.17, 15) is 0 Å². The van der Waals surface area contributed by atoms with Gasteiger partial charge in [-0.05, 0) is 0 Å². The van der Waals surface area contributed by atoms with Gasteiger partial charge in [-0.3, -0.25) is 0 Å². The molecule has 0 aromatic heterocycles. The van der Waals surface area contributed by atoms with Crippen LogP contribution in [0.2, 0.25) is 0 Å². The van der Waals surface area contributed by atoms with Crippen LogP contribution in [-0.4, -0.2) is 3.21 Å². The van der Waals surface area contributed by atoms with Gasteiger partial charge in [0.15, 0.2) is 0 Å². The summed E-state index contributed by atoms with van der Waals surface area (Å²) < 4.78 is 3.01. The van der Waals surface area contributed by atoms with Crippen molar-refractivity contribution in [2.45, 2.75) is 46.8 Å². The summed E-state index contributed by atoms with van der Waals surface area (Å²) >= 11 is -2.43. The van der Waals surface area contributed by atoms with Crippen LogP contribution in [0.1, 0.15) is 69.0 Å². The molecule has 2 atom stereocenters. The maximum Gasteiger partial charge on any atom is -1.00 e. The molecule has 3 heteroatoms. The SMILES string of the molecule is CCC[C](CCC)=[Zr+2]([CH]1C=Cc2c1c1ccccc1c1ccccc21)[CH]1C=Cc2c1c1ccccc1c1ccccc21.[Cl-].[Cl-]. The normalized spacial score (nSPS) is 16.0. The fourth-order valence-corrected chi connectivity index (χ4v) is 18.5. The number of halogens is 2. The average Bonchev–Trinajstić information content (AvgIpc) is 3.68. The summed E-state index contributed by atoms with van der Waals surface area (Å²) in [6.07, 6.45) is 15.3. The number of rotatable bonds is 6. The van der Waals surface area contributed by atoms with Crippen LogP contribution in [0.25, 0.3) is 55.2 Å². The van der Waals surface area contributed by atoms with E-state index in [1.54, 1.807) is 11.1 Å². The largest absolute Gasteiger partial charge is 1.00 e. The maximum absolute atomic E-state index is 2.65. The molecule has 0 bridgehead atoms. The second kappa shape index (κ2) is 12.9. The monoisotopic (exact) mass is 688 g/mol. The minimum Gasteiger partial charge on any atom is -1.00 e. The summed E-state index contributed by atoms with van der Waals surface area (Å²) in [6.45, 7) is 4.78. The molecule has 0 aliphatic heterocycles. The van der Waals surface area contributed by atoms with Crippen LogP contribution in [0.4, 0.5) is 0 Å². The van der Waals surface area contributed by atoms with Crippen LogP contribution in [0.5, 0.6) is 0 Å². The summed E-state index contributed by atoms with van der Waals surface area (Å²) in [5.74, 6) is 0. The van der Waals surface area contributed by atoms with E-state index in [-0.39, 0.29) is 24.8 Å². The van der Waals surface area contributed by atoms with Gasteiger partial charge in [-0.2, -0.15) is 0 Å². The van der Waals surface area contributed by atoms with E-state index < -0.39 is 21.3 Å². The summed E-state index contributed by atoms with van der Waals surface area (Å²) in [5.41, 5.74) is 6.20. The third-order valence-corrected chi connectivity index (χ3v) is 18.6. The van der Waals surface area contributed by atoms with Crippen molar-refractivity contribution in [1.82, 2.24) is 0 Å². The first-order valence-corrected chi connectivity index (χ1v) is 19.8. The zero-order chi connectivity index (χ0) is 28.2. The van der Waals surface area contributed by atoms with Crippen molar-refractivity contribution in [3.63, 3.8) is 0 Å². The van der Waals surface area contributed by atoms with Crippen LogP contribution in [0.15, 0.2) is 109 Å². The Balaban J connectivity index is 0.00000171. The van der Waals surface area contributed by atoms with Gasteiger partial charge >= 0.3 is 258 Å². The zero-order valence-corrected chi connectivity index (χ0v) is 29.3. The minimum atomic E-state index is -2.43. The summed E-state index contributed by atoms with van der Waals surface area (Å²) in [5, 5.41) is 11.4. The van der Waals surface area contributed by atoms with Crippen LogP contribution < -0.4 is 24.8 Å². The first-order chi connectivity index (χ1) is 20.8. The van der Waals surface area contributed by atoms with Crippen molar-refractivity contribution in [3.8, 4) is 0 Å². The van der Waals surface area contributed by atoms with Gasteiger partial charge in [0.1, 0.15) is 0 Å². The van der Waals surface area contributed by atoms with Crippen LogP contribution >= 0.6 is 0 Å². The van der Waals surface area contributed by atoms with Crippen LogP contribution in [-0.2, 0) is 21.3 Å². The van der Waals surface area contributed by atoms with Crippen molar-refractivity contribution < 1.29 is 46.1 Å². The van der Waals surface area contributed by atoms with E-state index in [0.29, 0.717) is 7.25 Å². The fourth-order valence-electron chi connectivity index (χ4n) is 8.17. The third kappa shape index (κ3) is 4.79. The smallest absolute Gasteiger partial charge is 1.00 e. The number of fused-ring (bicyclic) bond motifs is 12. The standard InChI is InChI=1S/2C17H11.C7H14.2ClH.Zr/c2*1-3-8-14-12(6-1)13-7-2-4-9-15(13)17-11-5-10-16(14)17;1-3-5-7-6-4-2;;;/h2*1-11H;3-6H2,1-2H3;2*1H;/q;;;;;+2/p-2. The molecule has 0 saturated carbocycles. The van der Waals surface area contributed by atoms with Crippen molar-refractivity contribution >= 4 is 58.4 Å². The number of allylic oxidation sites excluding steroid dienone is 2. The molecule has 0 N–H and O–H groups in total. The molecule has 0 heterocycles. The summed E-state index contributed by atoms with van der Waals surface area (Å²) in [4.78, 5) is 0. The van der Waals surface area contributed by atoms with Gasteiger partial charge in [0.2, 0.25) is 0 Å². The zero-order valence-electron chi connectivity index (χ0n) is 25.3. The van der Waals surface area contributed by atoms with E-state index in [2.05, 4.69) is 135 Å². The van der Waals surface area contributed by atoms with Crippen LogP contribution in [0, 0.1) is 0 Å². The molecule has 0 radical (unpaired) electrons. The molecule has 218 valence electrons. The molecule has 6 aromatic rings. The Morgan fingerprint density at radius 3 is 1.16 bits per heavy atom. The Kier molecular flexibility index (Phi) is 9.13. The Labute approximate surface area is 280 Å². The predicted molar refractivity (Wildman–Crippen MR) is 181 cm³/mol. The Hall–Kier alpha value is -2.83. The van der Waals surface area contributed by atoms with Gasteiger partial charge in [-0.15, -0.1) is 0 Å². The van der Waals surface area contributed by atoms with E-state index in [0.717, 1.165) is 0 Å². The Bertz CT molecular complexity index is 1980. The molecule has 44 heavy (non-hydrogen) atoms. The van der Waals surface area contributed by atoms with E-state index in [4.69, 9.17) is 0 Å². The molecule has 2 aliphatic carbocycles. The first-order valence-electron chi connectivity index (χ1n) is 15.7. The Morgan fingerprint density at radius 2 is 0.795 bits per heavy atom. The summed E-state index contributed by atoms with van der Waals surface area (Å²) in [7, 11) is 0. The molecule has 2 aliphatic rings. The Morgan fingerprint density at radius 1 is 0.477 bits per heavy atom. The predicted octanol–water partition coefficient (Wildman–Crippen LogP) is 5.53. The topological polar surface area (TPSA) is 0 Å². The minimum absolute atomic E-state index is 0. The second-order valence-corrected chi connectivity index (χ2v) is 19.1. The van der Waals surface area contributed by atoms with E-state index >= 15 is 0 Å². The van der Waals surface area contributed by atoms with Crippen LogP contribution in [0.3, 0.4) is 0 Å². The number of benzene rings is 6. The van der Waals surface area contributed by atoms with Crippen molar-refractivity contribution in [2.75, 3.05) is 0 Å². The molecule has 6 aromatic carbocycles. The molecule has 0 spiro atoms. The maximum atomic E-state index is 2.65. The summed E-state index contributed by atoms with van der Waals surface area (Å²) in [6, 6.07) is 36.6. The molecule has 0 amide bonds. The van der Waals surface area contributed by atoms with E-state index in [1.807, 2.05) is 3.21 Å². The molecular weight excluding hydrogens is 655 g/mol. The fraction of sp³-hybridized carbons (Fsp3) is 0.195. The molecule has 2 unspecified atom stereocenters. The molecule has 0 nitrogen and oxygen atoms in total. The van der Waals surface area contributed by atoms with Gasteiger partial charge in [0.05, 0.1) is 0 Å². The van der Waals surface area contributed by atoms with Crippen molar-refractivity contribution in [2.24, 2.45) is 0 Å². The van der Waals surface area contributed by atoms with Crippen molar-refractivity contribution in [1.29, 1.82) is 0 Å². The number of hydrogen-bond donors (Lipinski definition) is 0. The van der Waals surface area contributed by atoms with Gasteiger partial charge in [0, 0.05) is 0 Å². The van der Waals surface area contributed by atoms with Crippen molar-refractivity contribution in [3.05, 3.63) is 131 Å². The van der Waals surface area contributed by atoms with Gasteiger partial charge in [-0.25, -0.2) is 0 Å². The molecule has 0 saturated heterocycles. The first kappa shape index (κ1) is 31.2. The third-order valence-electron chi connectivity index (χ3n) is 9.74. The van der Waals surface area contributed by atoms with E-state index in [1.165, 1.54) is 79.9 Å². The quantitative estimate of drug-likeness (QED) is 0.202. The average molecular weight is 691 g/mol.